The topological polar surface area (TPSA) is 128 Å². The number of carbonyl (C=O) groups excluding carboxylic acids is 4. The number of hydrogen-bond donors (Lipinski definition) is 3. The second-order valence-corrected chi connectivity index (χ2v) is 7.77. The fraction of sp³-hybridized carbons (Fsp3) is 0.300. The lowest BCUT2D eigenvalue weighted by Crippen LogP contribution is -2.22. The van der Waals surface area contributed by atoms with Crippen LogP contribution < -0.4 is 16.4 Å². The van der Waals surface area contributed by atoms with Crippen molar-refractivity contribution in [3.8, 4) is 0 Å². The molecular weight excluding hydrogens is 394 g/mol. The van der Waals surface area contributed by atoms with Gasteiger partial charge in [-0.15, -0.1) is 11.3 Å². The molecule has 0 radical (unpaired) electrons. The summed E-state index contributed by atoms with van der Waals surface area (Å²) in [4.78, 5) is 48.4. The predicted molar refractivity (Wildman–Crippen MR) is 109 cm³/mol. The Bertz CT molecular complexity index is 965. The molecule has 1 heterocycles. The molecule has 1 aliphatic carbocycles. The zero-order chi connectivity index (χ0) is 21.0. The first kappa shape index (κ1) is 20.5. The van der Waals surface area contributed by atoms with Crippen molar-refractivity contribution in [3.63, 3.8) is 0 Å². The zero-order valence-corrected chi connectivity index (χ0v) is 16.7. The number of amides is 3. The van der Waals surface area contributed by atoms with Crippen LogP contribution in [0.3, 0.4) is 0 Å². The summed E-state index contributed by atoms with van der Waals surface area (Å²) in [5.74, 6) is -1.98. The van der Waals surface area contributed by atoms with E-state index in [1.807, 2.05) is 0 Å². The number of thiophene rings is 1. The molecule has 1 aromatic carbocycles. The highest BCUT2D eigenvalue weighted by Crippen LogP contribution is 2.38. The van der Waals surface area contributed by atoms with E-state index in [1.54, 1.807) is 0 Å². The fourth-order valence-electron chi connectivity index (χ4n) is 3.15. The molecule has 0 aliphatic heterocycles. The van der Waals surface area contributed by atoms with Crippen LogP contribution in [0.25, 0.3) is 0 Å². The average Bonchev–Trinajstić information content (AvgIpc) is 3.03. The highest BCUT2D eigenvalue weighted by Gasteiger charge is 2.27. The highest BCUT2D eigenvalue weighted by atomic mass is 32.1. The summed E-state index contributed by atoms with van der Waals surface area (Å²) in [6.07, 6.45) is 3.61. The van der Waals surface area contributed by atoms with Gasteiger partial charge in [0.2, 0.25) is 11.8 Å². The van der Waals surface area contributed by atoms with Gasteiger partial charge in [0, 0.05) is 23.1 Å². The maximum atomic E-state index is 12.7. The standard InChI is InChI=1S/C20H21N3O5S/c1-11(24)22-19-17(14-4-2-3-5-15(14)29-19)20(27)28-10-16(25)23-13-8-6-12(7-9-13)18(21)26/h6-9H,2-5,10H2,1H3,(H2,21,26)(H,22,24)(H,23,25). The van der Waals surface area contributed by atoms with Crippen molar-refractivity contribution < 1.29 is 23.9 Å². The lowest BCUT2D eigenvalue weighted by Gasteiger charge is -2.13. The van der Waals surface area contributed by atoms with Gasteiger partial charge in [0.25, 0.3) is 5.91 Å². The van der Waals surface area contributed by atoms with Crippen LogP contribution in [0.1, 0.15) is 50.9 Å². The van der Waals surface area contributed by atoms with Gasteiger partial charge in [-0.05, 0) is 55.5 Å². The van der Waals surface area contributed by atoms with E-state index in [1.165, 1.54) is 42.5 Å². The van der Waals surface area contributed by atoms with E-state index in [9.17, 15) is 19.2 Å². The molecule has 9 heteroatoms. The van der Waals surface area contributed by atoms with E-state index in [4.69, 9.17) is 10.5 Å². The van der Waals surface area contributed by atoms with Crippen molar-refractivity contribution in [2.75, 3.05) is 17.2 Å². The third kappa shape index (κ3) is 5.00. The quantitative estimate of drug-likeness (QED) is 0.625. The van der Waals surface area contributed by atoms with Crippen LogP contribution in [0.5, 0.6) is 0 Å². The number of aryl methyl sites for hydroxylation is 1. The average molecular weight is 415 g/mol. The SMILES string of the molecule is CC(=O)Nc1sc2c(c1C(=O)OCC(=O)Nc1ccc(C(N)=O)cc1)CCCC2. The number of carbonyl (C=O) groups is 4. The predicted octanol–water partition coefficient (Wildman–Crippen LogP) is 2.48. The molecule has 3 rings (SSSR count). The summed E-state index contributed by atoms with van der Waals surface area (Å²) < 4.78 is 5.20. The van der Waals surface area contributed by atoms with Gasteiger partial charge in [-0.2, -0.15) is 0 Å². The van der Waals surface area contributed by atoms with Crippen LogP contribution >= 0.6 is 11.3 Å². The summed E-state index contributed by atoms with van der Waals surface area (Å²) in [6.45, 7) is 0.908. The number of benzene rings is 1. The first-order valence-corrected chi connectivity index (χ1v) is 9.95. The van der Waals surface area contributed by atoms with Crippen molar-refractivity contribution >= 4 is 45.7 Å². The van der Waals surface area contributed by atoms with Crippen LogP contribution in [0.4, 0.5) is 10.7 Å². The molecule has 0 spiro atoms. The van der Waals surface area contributed by atoms with E-state index in [0.717, 1.165) is 36.1 Å². The van der Waals surface area contributed by atoms with E-state index >= 15 is 0 Å². The lowest BCUT2D eigenvalue weighted by atomic mass is 9.95. The van der Waals surface area contributed by atoms with Gasteiger partial charge in [0.15, 0.2) is 6.61 Å². The minimum absolute atomic E-state index is 0.269. The molecule has 4 N–H and O–H groups in total. The maximum absolute atomic E-state index is 12.7. The smallest absolute Gasteiger partial charge is 0.341 e. The number of anilines is 2. The van der Waals surface area contributed by atoms with E-state index < -0.39 is 24.4 Å². The summed E-state index contributed by atoms with van der Waals surface area (Å²) in [5, 5.41) is 5.75. The number of primary amides is 1. The molecule has 2 aromatic rings. The maximum Gasteiger partial charge on any atom is 0.341 e. The molecular formula is C20H21N3O5S. The first-order valence-electron chi connectivity index (χ1n) is 9.14. The van der Waals surface area contributed by atoms with Gasteiger partial charge in [-0.3, -0.25) is 14.4 Å². The number of fused-ring (bicyclic) bond motifs is 1. The molecule has 0 saturated heterocycles. The number of esters is 1. The van der Waals surface area contributed by atoms with E-state index in [2.05, 4.69) is 10.6 Å². The summed E-state index contributed by atoms with van der Waals surface area (Å²) in [6, 6.07) is 6.04. The molecule has 0 atom stereocenters. The third-order valence-electron chi connectivity index (χ3n) is 4.45. The van der Waals surface area contributed by atoms with Gasteiger partial charge in [-0.1, -0.05) is 0 Å². The van der Waals surface area contributed by atoms with Gasteiger partial charge < -0.3 is 21.1 Å². The number of rotatable bonds is 6. The highest BCUT2D eigenvalue weighted by molar-refractivity contribution is 7.17. The van der Waals surface area contributed by atoms with Crippen molar-refractivity contribution in [3.05, 3.63) is 45.8 Å². The third-order valence-corrected chi connectivity index (χ3v) is 5.66. The zero-order valence-electron chi connectivity index (χ0n) is 15.9. The summed E-state index contributed by atoms with van der Waals surface area (Å²) in [7, 11) is 0. The van der Waals surface area contributed by atoms with E-state index in [0.29, 0.717) is 21.8 Å². The molecule has 1 aromatic heterocycles. The Morgan fingerprint density at radius 3 is 2.41 bits per heavy atom. The van der Waals surface area contributed by atoms with Crippen LogP contribution in [-0.2, 0) is 27.2 Å². The monoisotopic (exact) mass is 415 g/mol. The van der Waals surface area contributed by atoms with Crippen molar-refractivity contribution in [2.45, 2.75) is 32.6 Å². The van der Waals surface area contributed by atoms with E-state index in [-0.39, 0.29) is 5.91 Å². The number of ether oxygens (including phenoxy) is 1. The Morgan fingerprint density at radius 2 is 1.76 bits per heavy atom. The Balaban J connectivity index is 1.65. The van der Waals surface area contributed by atoms with Crippen LogP contribution in [0, 0.1) is 0 Å². The largest absolute Gasteiger partial charge is 0.452 e. The Labute approximate surface area is 171 Å². The second-order valence-electron chi connectivity index (χ2n) is 6.66. The minimum Gasteiger partial charge on any atom is -0.452 e. The van der Waals surface area contributed by atoms with Crippen molar-refractivity contribution in [2.24, 2.45) is 5.73 Å². The molecule has 1 aliphatic rings. The minimum atomic E-state index is -0.632. The van der Waals surface area contributed by atoms with Gasteiger partial charge >= 0.3 is 5.97 Å². The summed E-state index contributed by atoms with van der Waals surface area (Å²) >= 11 is 1.39. The van der Waals surface area contributed by atoms with Crippen molar-refractivity contribution in [1.82, 2.24) is 0 Å². The second kappa shape index (κ2) is 8.87. The molecule has 29 heavy (non-hydrogen) atoms. The first-order chi connectivity index (χ1) is 13.8. The number of nitrogens with two attached hydrogens (primary N) is 1. The van der Waals surface area contributed by atoms with Crippen molar-refractivity contribution in [1.29, 1.82) is 0 Å². The lowest BCUT2D eigenvalue weighted by molar-refractivity contribution is -0.119. The molecule has 0 fully saturated rings. The Morgan fingerprint density at radius 1 is 1.07 bits per heavy atom. The van der Waals surface area contributed by atoms with Crippen LogP contribution in [-0.4, -0.2) is 30.3 Å². The van der Waals surface area contributed by atoms with Crippen LogP contribution in [0.2, 0.25) is 0 Å². The molecule has 8 nitrogen and oxygen atoms in total. The molecule has 3 amide bonds. The molecule has 0 saturated carbocycles. The van der Waals surface area contributed by atoms with Crippen LogP contribution in [0.15, 0.2) is 24.3 Å². The molecule has 152 valence electrons. The Hall–Kier alpha value is -3.20. The van der Waals surface area contributed by atoms with Gasteiger partial charge in [0.1, 0.15) is 5.00 Å². The number of nitrogens with one attached hydrogen (secondary N) is 2. The molecule has 0 bridgehead atoms. The summed E-state index contributed by atoms with van der Waals surface area (Å²) in [5.41, 5.74) is 7.19. The van der Waals surface area contributed by atoms with Gasteiger partial charge in [0.05, 0.1) is 5.56 Å². The Kier molecular flexibility index (Phi) is 6.28. The molecule has 0 unspecified atom stereocenters. The fourth-order valence-corrected chi connectivity index (χ4v) is 4.47. The number of hydrogen-bond acceptors (Lipinski definition) is 6. The normalized spacial score (nSPS) is 12.6. The van der Waals surface area contributed by atoms with Gasteiger partial charge in [-0.25, -0.2) is 4.79 Å².